The fraction of sp³-hybridized carbons (Fsp3) is 0.767. The minimum absolute atomic E-state index is 0.0608. The molecule has 0 aromatic carbocycles. The number of rotatable bonds is 14. The molecule has 0 unspecified atom stereocenters. The summed E-state index contributed by atoms with van der Waals surface area (Å²) in [5.41, 5.74) is 1.37. The molecular weight excluding hydrogens is 1000 g/mol. The number of carbonyl (C=O) groups excluding carboxylic acids is 6. The summed E-state index contributed by atoms with van der Waals surface area (Å²) in [6.07, 6.45) is 13.4. The maximum atomic E-state index is 14.6. The second-order valence-corrected chi connectivity index (χ2v) is 29.8. The minimum atomic E-state index is -2.44. The van der Waals surface area contributed by atoms with Crippen molar-refractivity contribution >= 4 is 43.3 Å². The van der Waals surface area contributed by atoms with E-state index < -0.39 is 85.7 Å². The zero-order valence-electron chi connectivity index (χ0n) is 48.9. The molecule has 4 aliphatic rings. The molecule has 0 spiro atoms. The number of ketones is 3. The molecule has 0 aromatic rings. The largest absolute Gasteiger partial charge is 0.464 e. The van der Waals surface area contributed by atoms with Crippen LogP contribution in [-0.2, 0) is 61.9 Å². The van der Waals surface area contributed by atoms with Gasteiger partial charge in [-0.15, -0.1) is 0 Å². The topological polar surface area (TPSA) is 211 Å². The van der Waals surface area contributed by atoms with Crippen LogP contribution < -0.4 is 0 Å². The van der Waals surface area contributed by atoms with Gasteiger partial charge in [0.2, 0.25) is 5.79 Å². The summed E-state index contributed by atoms with van der Waals surface area (Å²) in [5.74, 6) is -8.73. The third-order valence-electron chi connectivity index (χ3n) is 16.4. The molecule has 4 rings (SSSR count). The number of cyclic esters (lactones) is 1. The van der Waals surface area contributed by atoms with Crippen molar-refractivity contribution in [3.63, 3.8) is 0 Å². The molecular formula is C60H97NO15Si. The number of hydrogen-bond acceptors (Lipinski definition) is 15. The van der Waals surface area contributed by atoms with Gasteiger partial charge in [-0.25, -0.2) is 9.59 Å². The van der Waals surface area contributed by atoms with E-state index in [1.807, 2.05) is 58.1 Å². The van der Waals surface area contributed by atoms with Gasteiger partial charge in [0.25, 0.3) is 11.7 Å². The van der Waals surface area contributed by atoms with Gasteiger partial charge in [0, 0.05) is 65.4 Å². The predicted molar refractivity (Wildman–Crippen MR) is 297 cm³/mol. The van der Waals surface area contributed by atoms with E-state index in [2.05, 4.69) is 19.6 Å². The fourth-order valence-electron chi connectivity index (χ4n) is 11.3. The van der Waals surface area contributed by atoms with Gasteiger partial charge in [-0.3, -0.25) is 19.2 Å². The molecule has 1 aliphatic carbocycles. The second kappa shape index (κ2) is 31.3. The number of amides is 1. The van der Waals surface area contributed by atoms with Gasteiger partial charge in [-0.2, -0.15) is 0 Å². The molecule has 15 atom stereocenters. The van der Waals surface area contributed by atoms with E-state index in [-0.39, 0.29) is 86.7 Å². The highest BCUT2D eigenvalue weighted by atomic mass is 28.3. The van der Waals surface area contributed by atoms with E-state index in [9.17, 15) is 39.0 Å². The van der Waals surface area contributed by atoms with Gasteiger partial charge in [0.15, 0.2) is 0 Å². The lowest BCUT2D eigenvalue weighted by Gasteiger charge is -2.42. The second-order valence-electron chi connectivity index (χ2n) is 24.1. The van der Waals surface area contributed by atoms with Crippen molar-refractivity contribution in [2.75, 3.05) is 47.2 Å². The van der Waals surface area contributed by atoms with Gasteiger partial charge in [-0.1, -0.05) is 97.6 Å². The SMILES string of the molecule is CO[C@H]1C[C@@H]2CC[C@@H](C)[C@@](O)(O2)C(=O)C(=O)N2CCCC[C@H]2C(=O)O[C@H]([C@@H](C)C[C@H]2CC[C@@H](OCCOCC(=O)OCC[Si](C)(C)C)[C@H](OC)C2)CC(=O)[C@H](C)/C=C(\C)[C@@H](O)[C@@H](C)C(=O)[C@H](C)C[C@H](C)/C=C/C=C/C=C/1C. The van der Waals surface area contributed by atoms with Crippen molar-refractivity contribution in [3.8, 4) is 0 Å². The maximum absolute atomic E-state index is 14.6. The van der Waals surface area contributed by atoms with Gasteiger partial charge in [-0.05, 0) is 113 Å². The Morgan fingerprint density at radius 3 is 2.27 bits per heavy atom. The van der Waals surface area contributed by atoms with Crippen LogP contribution in [0.5, 0.6) is 0 Å². The zero-order chi connectivity index (χ0) is 57.2. The molecule has 16 nitrogen and oxygen atoms in total. The van der Waals surface area contributed by atoms with Crippen LogP contribution in [0, 0.1) is 41.4 Å². The lowest BCUT2D eigenvalue weighted by atomic mass is 9.78. The first kappa shape index (κ1) is 65.8. The highest BCUT2D eigenvalue weighted by Crippen LogP contribution is 2.38. The van der Waals surface area contributed by atoms with Crippen molar-refractivity contribution in [1.82, 2.24) is 4.90 Å². The first-order valence-electron chi connectivity index (χ1n) is 28.6. The standard InChI is InChI=1S/C60H97NO15Si/c1-38-19-15-14-16-20-39(2)51(70-9)35-47-24-22-44(7)60(69,76-47)57(66)58(67)61-26-18-17-21-48(61)59(68)75-52(36-49(62)40(3)32-43(6)56(65)45(8)55(64)42(5)31-38)41(4)33-46-23-25-50(53(34-46)71-10)73-28-27-72-37-54(63)74-29-30-77(11,12)13/h14-16,19-20,32,38,40-42,44-48,50-53,56,65,69H,17-18,21-31,33-37H2,1-13H3/b16-14+,19-15+,39-20+,43-32+/t38-,40-,41+,42-,44-,45+,46-,47+,48+,50-,51+,52+,53-,56-,60-/m1/s1. The average molecular weight is 1100 g/mol. The van der Waals surface area contributed by atoms with Gasteiger partial charge < -0.3 is 48.3 Å². The molecule has 77 heavy (non-hydrogen) atoms. The van der Waals surface area contributed by atoms with E-state index in [1.165, 1.54) is 4.90 Å². The molecule has 2 N–H and O–H groups in total. The van der Waals surface area contributed by atoms with Crippen LogP contribution >= 0.6 is 0 Å². The van der Waals surface area contributed by atoms with Crippen molar-refractivity contribution in [2.24, 2.45) is 41.4 Å². The van der Waals surface area contributed by atoms with Crippen LogP contribution in [-0.4, -0.2) is 154 Å². The van der Waals surface area contributed by atoms with Gasteiger partial charge in [0.05, 0.1) is 50.3 Å². The summed E-state index contributed by atoms with van der Waals surface area (Å²) < 4.78 is 41.4. The summed E-state index contributed by atoms with van der Waals surface area (Å²) in [6, 6.07) is -0.264. The number of hydrogen-bond donors (Lipinski definition) is 2. The summed E-state index contributed by atoms with van der Waals surface area (Å²) in [4.78, 5) is 84.7. The number of Topliss-reactive ketones (excluding diaryl/α,β-unsaturated/α-hetero) is 3. The highest BCUT2D eigenvalue weighted by Gasteiger charge is 2.53. The average Bonchev–Trinajstić information content (AvgIpc) is 3.39. The lowest BCUT2D eigenvalue weighted by molar-refractivity contribution is -0.265. The van der Waals surface area contributed by atoms with Crippen molar-refractivity contribution in [1.29, 1.82) is 0 Å². The van der Waals surface area contributed by atoms with Crippen LogP contribution in [0.2, 0.25) is 25.7 Å². The Hall–Kier alpha value is -3.68. The zero-order valence-corrected chi connectivity index (χ0v) is 49.9. The number of aliphatic hydroxyl groups is 2. The van der Waals surface area contributed by atoms with Gasteiger partial charge >= 0.3 is 11.9 Å². The number of ether oxygens (including phenoxy) is 7. The summed E-state index contributed by atoms with van der Waals surface area (Å²) in [7, 11) is 1.90. The summed E-state index contributed by atoms with van der Waals surface area (Å²) in [6.45, 7) is 22.1. The van der Waals surface area contributed by atoms with Gasteiger partial charge in [0.1, 0.15) is 30.3 Å². The molecule has 1 amide bonds. The number of carbonyl (C=O) groups is 6. The third-order valence-corrected chi connectivity index (χ3v) is 18.2. The molecule has 3 fully saturated rings. The smallest absolute Gasteiger partial charge is 0.332 e. The molecule has 2 bridgehead atoms. The molecule has 1 saturated carbocycles. The first-order chi connectivity index (χ1) is 36.3. The van der Waals surface area contributed by atoms with E-state index in [4.69, 9.17) is 33.2 Å². The van der Waals surface area contributed by atoms with E-state index in [1.54, 1.807) is 48.0 Å². The van der Waals surface area contributed by atoms with Crippen molar-refractivity contribution in [2.45, 2.75) is 207 Å². The van der Waals surface area contributed by atoms with Crippen LogP contribution in [0.3, 0.4) is 0 Å². The molecule has 436 valence electrons. The van der Waals surface area contributed by atoms with E-state index in [0.29, 0.717) is 70.0 Å². The molecule has 17 heteroatoms. The Bertz CT molecular complexity index is 2080. The highest BCUT2D eigenvalue weighted by molar-refractivity contribution is 6.76. The molecule has 3 heterocycles. The Kier molecular flexibility index (Phi) is 26.8. The molecule has 0 aromatic heterocycles. The Labute approximate surface area is 461 Å². The number of allylic oxidation sites excluding steroid dienone is 6. The van der Waals surface area contributed by atoms with Crippen molar-refractivity contribution < 1.29 is 72.1 Å². The minimum Gasteiger partial charge on any atom is -0.464 e. The number of esters is 2. The normalized spacial score (nSPS) is 36.1. The molecule has 2 saturated heterocycles. The van der Waals surface area contributed by atoms with E-state index in [0.717, 1.165) is 18.0 Å². The Morgan fingerprint density at radius 2 is 1.58 bits per heavy atom. The summed E-state index contributed by atoms with van der Waals surface area (Å²) >= 11 is 0. The number of fused-ring (bicyclic) bond motifs is 3. The monoisotopic (exact) mass is 1100 g/mol. The van der Waals surface area contributed by atoms with Crippen LogP contribution in [0.25, 0.3) is 0 Å². The number of piperidine rings is 1. The predicted octanol–water partition coefficient (Wildman–Crippen LogP) is 8.72. The first-order valence-corrected chi connectivity index (χ1v) is 32.3. The third kappa shape index (κ3) is 20.1. The van der Waals surface area contributed by atoms with Crippen molar-refractivity contribution in [3.05, 3.63) is 47.6 Å². The van der Waals surface area contributed by atoms with Crippen LogP contribution in [0.15, 0.2) is 47.6 Å². The number of methoxy groups -OCH3 is 2. The quantitative estimate of drug-likeness (QED) is 0.0548. The lowest BCUT2D eigenvalue weighted by Crippen LogP contribution is -2.61. The van der Waals surface area contributed by atoms with E-state index >= 15 is 0 Å². The Morgan fingerprint density at radius 1 is 0.857 bits per heavy atom. The number of nitrogens with zero attached hydrogens (tertiary/aromatic N) is 1. The maximum Gasteiger partial charge on any atom is 0.332 e. The fourth-order valence-corrected chi connectivity index (χ4v) is 12.0. The molecule has 3 aliphatic heterocycles. The summed E-state index contributed by atoms with van der Waals surface area (Å²) in [5, 5.41) is 23.5. The molecule has 0 radical (unpaired) electrons. The number of aliphatic hydroxyl groups excluding tert-OH is 1. The van der Waals surface area contributed by atoms with Crippen LogP contribution in [0.4, 0.5) is 0 Å². The Balaban J connectivity index is 1.58. The van der Waals surface area contributed by atoms with Crippen LogP contribution in [0.1, 0.15) is 132 Å².